The van der Waals surface area contributed by atoms with Crippen LogP contribution in [0.3, 0.4) is 0 Å². The number of benzene rings is 1. The third-order valence-corrected chi connectivity index (χ3v) is 5.90. The molecule has 1 aromatic carbocycles. The van der Waals surface area contributed by atoms with E-state index in [-0.39, 0.29) is 23.7 Å². The number of aromatic nitrogens is 2. The second-order valence-corrected chi connectivity index (χ2v) is 7.72. The van der Waals surface area contributed by atoms with Crippen molar-refractivity contribution in [3.8, 4) is 5.75 Å². The van der Waals surface area contributed by atoms with E-state index in [1.54, 1.807) is 11.8 Å². The van der Waals surface area contributed by atoms with E-state index in [2.05, 4.69) is 10.4 Å². The Morgan fingerprint density at radius 2 is 2.07 bits per heavy atom. The Bertz CT molecular complexity index is 870. The van der Waals surface area contributed by atoms with Crippen LogP contribution in [0.2, 0.25) is 0 Å². The third kappa shape index (κ3) is 2.92. The Labute approximate surface area is 159 Å². The van der Waals surface area contributed by atoms with Gasteiger partial charge in [-0.1, -0.05) is 18.2 Å². The normalized spacial score (nSPS) is 23.3. The van der Waals surface area contributed by atoms with Gasteiger partial charge in [0, 0.05) is 24.6 Å². The number of ether oxygens (including phenoxy) is 2. The molecule has 1 fully saturated rings. The summed E-state index contributed by atoms with van der Waals surface area (Å²) in [4.78, 5) is 13.3. The maximum absolute atomic E-state index is 13.3. The van der Waals surface area contributed by atoms with Crippen LogP contribution in [0.5, 0.6) is 5.75 Å². The van der Waals surface area contributed by atoms with Gasteiger partial charge in [-0.25, -0.2) is 0 Å². The number of nitrogens with one attached hydrogen (secondary N) is 1. The molecule has 1 aromatic heterocycles. The van der Waals surface area contributed by atoms with E-state index in [1.165, 1.54) is 0 Å². The summed E-state index contributed by atoms with van der Waals surface area (Å²) >= 11 is 0. The lowest BCUT2D eigenvalue weighted by molar-refractivity contribution is -0.00904. The van der Waals surface area contributed by atoms with Crippen LogP contribution in [-0.2, 0) is 23.7 Å². The van der Waals surface area contributed by atoms with Crippen molar-refractivity contribution in [2.45, 2.75) is 57.3 Å². The second kappa shape index (κ2) is 6.68. The van der Waals surface area contributed by atoms with Crippen LogP contribution in [0.4, 0.5) is 0 Å². The van der Waals surface area contributed by atoms with Crippen molar-refractivity contribution in [2.75, 3.05) is 7.11 Å². The van der Waals surface area contributed by atoms with Gasteiger partial charge in [0.2, 0.25) is 0 Å². The van der Waals surface area contributed by atoms with E-state index >= 15 is 0 Å². The van der Waals surface area contributed by atoms with Gasteiger partial charge >= 0.3 is 0 Å². The zero-order valence-electron chi connectivity index (χ0n) is 16.4. The van der Waals surface area contributed by atoms with Gasteiger partial charge in [-0.3, -0.25) is 9.48 Å². The molecule has 6 heteroatoms. The molecule has 1 aliphatic heterocycles. The predicted octanol–water partition coefficient (Wildman–Crippen LogP) is 3.26. The first-order valence-corrected chi connectivity index (χ1v) is 9.62. The lowest BCUT2D eigenvalue weighted by Crippen LogP contribution is -2.51. The zero-order chi connectivity index (χ0) is 19.2. The molecule has 1 N–H and O–H groups in total. The fourth-order valence-corrected chi connectivity index (χ4v) is 4.53. The number of nitrogens with zero attached hydrogens (tertiary/aromatic N) is 2. The Morgan fingerprint density at radius 1 is 1.33 bits per heavy atom. The molecule has 0 radical (unpaired) electrons. The van der Waals surface area contributed by atoms with Gasteiger partial charge in [0.25, 0.3) is 5.91 Å². The SMILES string of the molecule is COc1ccccc1C1(NC(=O)c2nn(C)c3c2C[C@H](C)O[C@@H]3C)CCC1. The highest BCUT2D eigenvalue weighted by atomic mass is 16.5. The Kier molecular flexibility index (Phi) is 4.46. The first-order valence-electron chi connectivity index (χ1n) is 9.62. The molecule has 2 heterocycles. The Morgan fingerprint density at radius 3 is 2.74 bits per heavy atom. The van der Waals surface area contributed by atoms with Gasteiger partial charge in [0.05, 0.1) is 30.6 Å². The number of methoxy groups -OCH3 is 1. The molecule has 2 aliphatic rings. The Balaban J connectivity index is 1.67. The van der Waals surface area contributed by atoms with Crippen LogP contribution >= 0.6 is 0 Å². The molecule has 2 aromatic rings. The minimum absolute atomic E-state index is 0.0605. The smallest absolute Gasteiger partial charge is 0.272 e. The lowest BCUT2D eigenvalue weighted by atomic mass is 9.71. The highest BCUT2D eigenvalue weighted by Crippen LogP contribution is 2.45. The van der Waals surface area contributed by atoms with E-state index in [1.807, 2.05) is 45.2 Å². The monoisotopic (exact) mass is 369 g/mol. The van der Waals surface area contributed by atoms with Crippen molar-refractivity contribution in [2.24, 2.45) is 7.05 Å². The average Bonchev–Trinajstić information content (AvgIpc) is 2.94. The summed E-state index contributed by atoms with van der Waals surface area (Å²) in [6.45, 7) is 4.05. The minimum atomic E-state index is -0.378. The van der Waals surface area contributed by atoms with Crippen molar-refractivity contribution < 1.29 is 14.3 Å². The zero-order valence-corrected chi connectivity index (χ0v) is 16.4. The summed E-state index contributed by atoms with van der Waals surface area (Å²) in [5.74, 6) is 0.704. The molecule has 144 valence electrons. The lowest BCUT2D eigenvalue weighted by Gasteiger charge is -2.43. The van der Waals surface area contributed by atoms with Gasteiger partial charge in [-0.05, 0) is 39.2 Å². The molecule has 1 amide bonds. The predicted molar refractivity (Wildman–Crippen MR) is 102 cm³/mol. The van der Waals surface area contributed by atoms with Gasteiger partial charge in [-0.2, -0.15) is 5.10 Å². The Hall–Kier alpha value is -2.34. The quantitative estimate of drug-likeness (QED) is 0.898. The van der Waals surface area contributed by atoms with Crippen LogP contribution in [-0.4, -0.2) is 28.9 Å². The van der Waals surface area contributed by atoms with Crippen molar-refractivity contribution >= 4 is 5.91 Å². The molecule has 6 nitrogen and oxygen atoms in total. The number of fused-ring (bicyclic) bond motifs is 1. The molecule has 2 atom stereocenters. The molecule has 1 aliphatic carbocycles. The van der Waals surface area contributed by atoms with E-state index < -0.39 is 0 Å². The summed E-state index contributed by atoms with van der Waals surface area (Å²) in [6.07, 6.45) is 3.62. The molecule has 4 rings (SSSR count). The fourth-order valence-electron chi connectivity index (χ4n) is 4.53. The topological polar surface area (TPSA) is 65.4 Å². The van der Waals surface area contributed by atoms with Crippen molar-refractivity contribution in [3.05, 3.63) is 46.8 Å². The molecule has 0 bridgehead atoms. The molecule has 27 heavy (non-hydrogen) atoms. The van der Waals surface area contributed by atoms with Crippen LogP contribution in [0.25, 0.3) is 0 Å². The molecule has 0 spiro atoms. The van der Waals surface area contributed by atoms with Crippen LogP contribution in [0, 0.1) is 0 Å². The first kappa shape index (κ1) is 18.0. The number of carbonyl (C=O) groups excluding carboxylic acids is 1. The summed E-state index contributed by atoms with van der Waals surface area (Å²) in [5, 5.41) is 7.84. The van der Waals surface area contributed by atoms with E-state index in [0.717, 1.165) is 41.8 Å². The number of para-hydroxylation sites is 1. The fraction of sp³-hybridized carbons (Fsp3) is 0.524. The third-order valence-electron chi connectivity index (χ3n) is 5.90. The molecule has 0 unspecified atom stereocenters. The van der Waals surface area contributed by atoms with Gasteiger partial charge in [0.1, 0.15) is 5.75 Å². The summed E-state index contributed by atoms with van der Waals surface area (Å²) in [6, 6.07) is 7.94. The van der Waals surface area contributed by atoms with Crippen LogP contribution < -0.4 is 10.1 Å². The van der Waals surface area contributed by atoms with E-state index in [0.29, 0.717) is 12.1 Å². The largest absolute Gasteiger partial charge is 0.496 e. The molecular weight excluding hydrogens is 342 g/mol. The number of carbonyl (C=O) groups is 1. The molecule has 0 saturated heterocycles. The standard InChI is InChI=1S/C21H27N3O3/c1-13-12-15-18(23-24(3)19(15)14(2)27-13)20(25)22-21(10-7-11-21)16-8-5-6-9-17(16)26-4/h5-6,8-9,13-14H,7,10-12H2,1-4H3,(H,22,25)/t13-,14+/m0/s1. The number of amides is 1. The second-order valence-electron chi connectivity index (χ2n) is 7.72. The number of hydrogen-bond acceptors (Lipinski definition) is 4. The van der Waals surface area contributed by atoms with Crippen LogP contribution in [0.1, 0.15) is 66.5 Å². The van der Waals surface area contributed by atoms with E-state index in [4.69, 9.17) is 9.47 Å². The van der Waals surface area contributed by atoms with E-state index in [9.17, 15) is 4.79 Å². The summed E-state index contributed by atoms with van der Waals surface area (Å²) in [5.41, 5.74) is 3.20. The van der Waals surface area contributed by atoms with Crippen LogP contribution in [0.15, 0.2) is 24.3 Å². The molecule has 1 saturated carbocycles. The highest BCUT2D eigenvalue weighted by molar-refractivity contribution is 5.95. The summed E-state index contributed by atoms with van der Waals surface area (Å²) < 4.78 is 13.2. The number of rotatable bonds is 4. The maximum Gasteiger partial charge on any atom is 0.272 e. The van der Waals surface area contributed by atoms with Gasteiger partial charge in [0.15, 0.2) is 5.69 Å². The van der Waals surface area contributed by atoms with Gasteiger partial charge < -0.3 is 14.8 Å². The van der Waals surface area contributed by atoms with Gasteiger partial charge in [-0.15, -0.1) is 0 Å². The number of hydrogen-bond donors (Lipinski definition) is 1. The molecular formula is C21H27N3O3. The average molecular weight is 369 g/mol. The summed E-state index contributed by atoms with van der Waals surface area (Å²) in [7, 11) is 3.55. The number of aryl methyl sites for hydroxylation is 1. The minimum Gasteiger partial charge on any atom is -0.496 e. The highest BCUT2D eigenvalue weighted by Gasteiger charge is 2.43. The van der Waals surface area contributed by atoms with Crippen molar-refractivity contribution in [1.29, 1.82) is 0 Å². The van der Waals surface area contributed by atoms with Crippen molar-refractivity contribution in [3.63, 3.8) is 0 Å². The first-order chi connectivity index (χ1) is 12.9. The van der Waals surface area contributed by atoms with Crippen molar-refractivity contribution in [1.82, 2.24) is 15.1 Å². The maximum atomic E-state index is 13.3.